The number of carbonyl (C=O) groups excluding carboxylic acids is 2. The molecular formula is C20H20FN5O4. The summed E-state index contributed by atoms with van der Waals surface area (Å²) in [6.07, 6.45) is 2.88. The minimum Gasteiger partial charge on any atom is -0.351 e. The van der Waals surface area contributed by atoms with Crippen LogP contribution in [0, 0.1) is 15.9 Å². The highest BCUT2D eigenvalue weighted by molar-refractivity contribution is 6.22. The summed E-state index contributed by atoms with van der Waals surface area (Å²) in [5, 5.41) is 14.5. The lowest BCUT2D eigenvalue weighted by molar-refractivity contribution is -0.384. The standard InChI is InChI=1S/C20H20FN5O4/c21-13-3-5-15(6-4-13)25-18(27)12-16(20(25)28)23-14-7-10-24(11-8-14)19-17(26(29)30)2-1-9-22-19/h1-6,9,14,16,23H,7-8,10-12H2. The Kier molecular flexibility index (Phi) is 5.40. The zero-order chi connectivity index (χ0) is 21.3. The number of nitro groups is 1. The molecule has 2 saturated heterocycles. The van der Waals surface area contributed by atoms with E-state index in [1.807, 2.05) is 4.90 Å². The van der Waals surface area contributed by atoms with Crippen LogP contribution in [0.25, 0.3) is 0 Å². The summed E-state index contributed by atoms with van der Waals surface area (Å²) in [6, 6.07) is 7.57. The van der Waals surface area contributed by atoms with Crippen LogP contribution >= 0.6 is 0 Å². The molecule has 0 aliphatic carbocycles. The molecule has 156 valence electrons. The van der Waals surface area contributed by atoms with Gasteiger partial charge in [0.15, 0.2) is 0 Å². The fourth-order valence-electron chi connectivity index (χ4n) is 3.94. The number of aromatic nitrogens is 1. The van der Waals surface area contributed by atoms with Gasteiger partial charge in [-0.15, -0.1) is 0 Å². The van der Waals surface area contributed by atoms with Crippen molar-refractivity contribution in [2.75, 3.05) is 22.9 Å². The Bertz CT molecular complexity index is 975. The van der Waals surface area contributed by atoms with Gasteiger partial charge in [0.25, 0.3) is 5.91 Å². The van der Waals surface area contributed by atoms with Gasteiger partial charge in [-0.1, -0.05) is 0 Å². The molecule has 30 heavy (non-hydrogen) atoms. The van der Waals surface area contributed by atoms with Crippen LogP contribution < -0.4 is 15.1 Å². The molecule has 0 spiro atoms. The predicted molar refractivity (Wildman–Crippen MR) is 107 cm³/mol. The van der Waals surface area contributed by atoms with E-state index in [1.54, 1.807) is 0 Å². The number of anilines is 2. The molecule has 1 N–H and O–H groups in total. The first-order valence-corrected chi connectivity index (χ1v) is 9.67. The predicted octanol–water partition coefficient (Wildman–Crippen LogP) is 2.02. The van der Waals surface area contributed by atoms with Gasteiger partial charge in [0.05, 0.1) is 23.1 Å². The topological polar surface area (TPSA) is 109 Å². The van der Waals surface area contributed by atoms with E-state index < -0.39 is 16.8 Å². The number of imide groups is 1. The summed E-state index contributed by atoms with van der Waals surface area (Å²) in [6.45, 7) is 1.10. The molecule has 1 atom stereocenters. The highest BCUT2D eigenvalue weighted by Gasteiger charge is 2.40. The van der Waals surface area contributed by atoms with Gasteiger partial charge in [-0.05, 0) is 43.2 Å². The maximum atomic E-state index is 13.1. The van der Waals surface area contributed by atoms with Crippen LogP contribution in [-0.4, -0.2) is 46.9 Å². The largest absolute Gasteiger partial charge is 0.351 e. The molecule has 3 heterocycles. The molecule has 9 nitrogen and oxygen atoms in total. The van der Waals surface area contributed by atoms with E-state index in [4.69, 9.17) is 0 Å². The van der Waals surface area contributed by atoms with E-state index in [9.17, 15) is 24.1 Å². The zero-order valence-corrected chi connectivity index (χ0v) is 16.0. The number of pyridine rings is 1. The van der Waals surface area contributed by atoms with Crippen molar-refractivity contribution in [3.05, 3.63) is 58.5 Å². The number of halogens is 1. The van der Waals surface area contributed by atoms with Crippen molar-refractivity contribution in [1.29, 1.82) is 0 Å². The highest BCUT2D eigenvalue weighted by atomic mass is 19.1. The summed E-state index contributed by atoms with van der Waals surface area (Å²) in [5.74, 6) is -0.775. The molecule has 10 heteroatoms. The summed E-state index contributed by atoms with van der Waals surface area (Å²) in [7, 11) is 0. The monoisotopic (exact) mass is 413 g/mol. The first-order valence-electron chi connectivity index (χ1n) is 9.67. The van der Waals surface area contributed by atoms with Crippen molar-refractivity contribution in [1.82, 2.24) is 10.3 Å². The zero-order valence-electron chi connectivity index (χ0n) is 16.0. The van der Waals surface area contributed by atoms with Crippen molar-refractivity contribution in [2.24, 2.45) is 0 Å². The Labute approximate surface area is 171 Å². The molecule has 2 fully saturated rings. The first kappa shape index (κ1) is 19.9. The minimum atomic E-state index is -0.636. The molecule has 1 aromatic heterocycles. The van der Waals surface area contributed by atoms with Gasteiger partial charge in [0, 0.05) is 31.4 Å². The molecule has 4 rings (SSSR count). The van der Waals surface area contributed by atoms with Crippen LogP contribution in [0.2, 0.25) is 0 Å². The van der Waals surface area contributed by atoms with Gasteiger partial charge in [0.1, 0.15) is 5.82 Å². The van der Waals surface area contributed by atoms with Gasteiger partial charge in [-0.2, -0.15) is 0 Å². The molecule has 0 radical (unpaired) electrons. The number of hydrogen-bond acceptors (Lipinski definition) is 7. The Hall–Kier alpha value is -3.40. The third-order valence-electron chi connectivity index (χ3n) is 5.43. The number of hydrogen-bond donors (Lipinski definition) is 1. The molecule has 1 aromatic carbocycles. The van der Waals surface area contributed by atoms with Gasteiger partial charge in [-0.3, -0.25) is 19.7 Å². The van der Waals surface area contributed by atoms with Crippen LogP contribution in [0.5, 0.6) is 0 Å². The molecule has 1 unspecified atom stereocenters. The van der Waals surface area contributed by atoms with E-state index in [-0.39, 0.29) is 30.0 Å². The molecule has 0 saturated carbocycles. The van der Waals surface area contributed by atoms with E-state index >= 15 is 0 Å². The van der Waals surface area contributed by atoms with Gasteiger partial charge in [0.2, 0.25) is 11.7 Å². The Morgan fingerprint density at radius 3 is 2.50 bits per heavy atom. The van der Waals surface area contributed by atoms with Crippen LogP contribution in [0.1, 0.15) is 19.3 Å². The smallest absolute Gasteiger partial charge is 0.311 e. The molecule has 2 aromatic rings. The minimum absolute atomic E-state index is 0.000985. The normalized spacial score (nSPS) is 20.1. The maximum Gasteiger partial charge on any atom is 0.311 e. The van der Waals surface area contributed by atoms with Gasteiger partial charge < -0.3 is 10.2 Å². The second kappa shape index (κ2) is 8.15. The van der Waals surface area contributed by atoms with E-state index in [0.717, 1.165) is 4.90 Å². The fraction of sp³-hybridized carbons (Fsp3) is 0.350. The fourth-order valence-corrected chi connectivity index (χ4v) is 3.94. The van der Waals surface area contributed by atoms with Crippen molar-refractivity contribution < 1.29 is 18.9 Å². The maximum absolute atomic E-state index is 13.1. The summed E-state index contributed by atoms with van der Waals surface area (Å²) in [5.41, 5.74) is 0.323. The van der Waals surface area contributed by atoms with E-state index in [0.29, 0.717) is 37.4 Å². The lowest BCUT2D eigenvalue weighted by atomic mass is 10.0. The van der Waals surface area contributed by atoms with Crippen LogP contribution in [0.15, 0.2) is 42.6 Å². The third kappa shape index (κ3) is 3.86. The number of benzene rings is 1. The molecule has 2 amide bonds. The van der Waals surface area contributed by atoms with Crippen molar-refractivity contribution >= 4 is 29.0 Å². The first-order chi connectivity index (χ1) is 14.4. The van der Waals surface area contributed by atoms with Crippen LogP contribution in [-0.2, 0) is 9.59 Å². The van der Waals surface area contributed by atoms with Crippen molar-refractivity contribution in [2.45, 2.75) is 31.3 Å². The number of amides is 2. The number of piperidine rings is 1. The Morgan fingerprint density at radius 1 is 1.13 bits per heavy atom. The number of carbonyl (C=O) groups is 2. The average Bonchev–Trinajstić information content (AvgIpc) is 3.02. The van der Waals surface area contributed by atoms with E-state index in [1.165, 1.54) is 42.6 Å². The lowest BCUT2D eigenvalue weighted by Crippen LogP contribution is -2.49. The van der Waals surface area contributed by atoms with Crippen LogP contribution in [0.4, 0.5) is 21.6 Å². The third-order valence-corrected chi connectivity index (χ3v) is 5.43. The summed E-state index contributed by atoms with van der Waals surface area (Å²) >= 11 is 0. The summed E-state index contributed by atoms with van der Waals surface area (Å²) in [4.78, 5) is 43.0. The Morgan fingerprint density at radius 2 is 1.83 bits per heavy atom. The number of nitrogens with zero attached hydrogens (tertiary/aromatic N) is 4. The number of nitrogens with one attached hydrogen (secondary N) is 1. The SMILES string of the molecule is O=C1CC(NC2CCN(c3ncccc3[N+](=O)[O-])CC2)C(=O)N1c1ccc(F)cc1. The molecule has 0 bridgehead atoms. The van der Waals surface area contributed by atoms with Gasteiger partial charge >= 0.3 is 5.69 Å². The quantitative estimate of drug-likeness (QED) is 0.454. The molecule has 2 aliphatic heterocycles. The van der Waals surface area contributed by atoms with Crippen molar-refractivity contribution in [3.63, 3.8) is 0 Å². The summed E-state index contributed by atoms with van der Waals surface area (Å²) < 4.78 is 13.1. The Balaban J connectivity index is 1.38. The van der Waals surface area contributed by atoms with Crippen molar-refractivity contribution in [3.8, 4) is 0 Å². The highest BCUT2D eigenvalue weighted by Crippen LogP contribution is 2.28. The number of rotatable bonds is 5. The molecular weight excluding hydrogens is 393 g/mol. The van der Waals surface area contributed by atoms with Gasteiger partial charge in [-0.25, -0.2) is 14.3 Å². The lowest BCUT2D eigenvalue weighted by Gasteiger charge is -2.33. The van der Waals surface area contributed by atoms with E-state index in [2.05, 4.69) is 10.3 Å². The average molecular weight is 413 g/mol. The van der Waals surface area contributed by atoms with Crippen LogP contribution in [0.3, 0.4) is 0 Å². The molecule has 2 aliphatic rings. The second-order valence-electron chi connectivity index (χ2n) is 7.33. The second-order valence-corrected chi connectivity index (χ2v) is 7.33.